The lowest BCUT2D eigenvalue weighted by atomic mass is 9.78. The molecule has 0 fully saturated rings. The van der Waals surface area contributed by atoms with Gasteiger partial charge in [0.15, 0.2) is 11.5 Å². The van der Waals surface area contributed by atoms with Crippen LogP contribution in [0.15, 0.2) is 48.0 Å². The molecule has 2 aromatic carbocycles. The van der Waals surface area contributed by atoms with Gasteiger partial charge in [-0.25, -0.2) is 0 Å². The van der Waals surface area contributed by atoms with Gasteiger partial charge in [0.05, 0.1) is 26.2 Å². The highest BCUT2D eigenvalue weighted by molar-refractivity contribution is 6.52. The molecule has 0 bridgehead atoms. The molecule has 3 rings (SSSR count). The van der Waals surface area contributed by atoms with Gasteiger partial charge in [0.1, 0.15) is 5.76 Å². The van der Waals surface area contributed by atoms with Crippen molar-refractivity contribution in [2.75, 3.05) is 14.2 Å². The molecule has 0 aromatic heterocycles. The van der Waals surface area contributed by atoms with Crippen LogP contribution in [0.1, 0.15) is 33.8 Å². The van der Waals surface area contributed by atoms with Crippen molar-refractivity contribution in [1.29, 1.82) is 0 Å². The molecular weight excluding hydrogens is 364 g/mol. The van der Waals surface area contributed by atoms with Crippen LogP contribution >= 0.6 is 0 Å². The summed E-state index contributed by atoms with van der Waals surface area (Å²) in [6.45, 7) is 0. The van der Waals surface area contributed by atoms with Crippen molar-refractivity contribution >= 4 is 23.3 Å². The number of phenols is 1. The molecule has 144 valence electrons. The molecule has 0 unspecified atom stereocenters. The van der Waals surface area contributed by atoms with E-state index in [1.54, 1.807) is 18.2 Å². The molecule has 7 nitrogen and oxygen atoms in total. The van der Waals surface area contributed by atoms with Gasteiger partial charge in [-0.3, -0.25) is 14.4 Å². The third-order valence-corrected chi connectivity index (χ3v) is 4.68. The number of benzene rings is 2. The highest BCUT2D eigenvalue weighted by Crippen LogP contribution is 2.40. The zero-order valence-corrected chi connectivity index (χ0v) is 15.3. The van der Waals surface area contributed by atoms with Gasteiger partial charge >= 0.3 is 5.97 Å². The number of aromatic hydroxyl groups is 1. The smallest absolute Gasteiger partial charge is 0.306 e. The van der Waals surface area contributed by atoms with Gasteiger partial charge < -0.3 is 19.7 Å². The minimum atomic E-state index is -0.992. The highest BCUT2D eigenvalue weighted by Gasteiger charge is 2.38. The van der Waals surface area contributed by atoms with Crippen LogP contribution in [0.4, 0.5) is 0 Å². The van der Waals surface area contributed by atoms with E-state index in [1.165, 1.54) is 38.5 Å². The number of carbonyl (C=O) groups is 3. The summed E-state index contributed by atoms with van der Waals surface area (Å²) in [4.78, 5) is 37.3. The molecule has 0 saturated carbocycles. The van der Waals surface area contributed by atoms with Crippen molar-refractivity contribution < 1.29 is 34.1 Å². The maximum absolute atomic E-state index is 12.8. The minimum Gasteiger partial charge on any atom is -0.507 e. The van der Waals surface area contributed by atoms with E-state index in [4.69, 9.17) is 9.47 Å². The van der Waals surface area contributed by atoms with Gasteiger partial charge in [-0.05, 0) is 17.7 Å². The number of fused-ring (bicyclic) bond motifs is 1. The normalized spacial score (nSPS) is 14.5. The number of aliphatic hydroxyl groups is 1. The van der Waals surface area contributed by atoms with Crippen molar-refractivity contribution in [1.82, 2.24) is 0 Å². The Hall–Kier alpha value is -3.61. The third-order valence-electron chi connectivity index (χ3n) is 4.68. The first-order valence-corrected chi connectivity index (χ1v) is 8.44. The molecule has 0 heterocycles. The van der Waals surface area contributed by atoms with E-state index in [2.05, 4.69) is 0 Å². The molecule has 2 N–H and O–H groups in total. The Morgan fingerprint density at radius 2 is 1.68 bits per heavy atom. The first-order chi connectivity index (χ1) is 13.4. The zero-order valence-electron chi connectivity index (χ0n) is 15.3. The van der Waals surface area contributed by atoms with Gasteiger partial charge in [0.25, 0.3) is 0 Å². The Morgan fingerprint density at radius 3 is 2.29 bits per heavy atom. The lowest BCUT2D eigenvalue weighted by molar-refractivity contribution is -0.140. The fraction of sp³-hybridized carbons (Fsp3) is 0.190. The van der Waals surface area contributed by atoms with Crippen molar-refractivity contribution in [2.45, 2.75) is 12.3 Å². The van der Waals surface area contributed by atoms with E-state index in [0.29, 0.717) is 5.56 Å². The topological polar surface area (TPSA) is 110 Å². The number of methoxy groups -OCH3 is 2. The number of Topliss-reactive ketones (excluding diaryl/α,β-unsaturated/α-hetero) is 2. The Balaban J connectivity index is 2.20. The molecule has 0 radical (unpaired) electrons. The predicted molar refractivity (Wildman–Crippen MR) is 99.4 cm³/mol. The van der Waals surface area contributed by atoms with Crippen LogP contribution in [0.25, 0.3) is 5.76 Å². The second-order valence-corrected chi connectivity index (χ2v) is 6.23. The Labute approximate surface area is 160 Å². The number of allylic oxidation sites excluding steroid dienone is 1. The summed E-state index contributed by atoms with van der Waals surface area (Å²) in [5, 5.41) is 20.9. The Morgan fingerprint density at radius 1 is 1.00 bits per heavy atom. The van der Waals surface area contributed by atoms with E-state index in [1.807, 2.05) is 0 Å². The maximum Gasteiger partial charge on any atom is 0.306 e. The SMILES string of the molecule is COC(=O)C[C@@H](C1=C(O)c2ccccc2C(=O)C1=O)c1ccc(OC)c(O)c1. The molecule has 1 aliphatic rings. The molecule has 2 aromatic rings. The highest BCUT2D eigenvalue weighted by atomic mass is 16.5. The number of ether oxygens (including phenoxy) is 2. The van der Waals surface area contributed by atoms with Crippen LogP contribution in [-0.4, -0.2) is 42.0 Å². The van der Waals surface area contributed by atoms with Gasteiger partial charge in [-0.15, -0.1) is 0 Å². The van der Waals surface area contributed by atoms with E-state index in [0.717, 1.165) is 0 Å². The summed E-state index contributed by atoms with van der Waals surface area (Å²) in [7, 11) is 2.58. The number of esters is 1. The van der Waals surface area contributed by atoms with Crippen LogP contribution < -0.4 is 4.74 Å². The van der Waals surface area contributed by atoms with Crippen LogP contribution in [0.3, 0.4) is 0 Å². The minimum absolute atomic E-state index is 0.100. The largest absolute Gasteiger partial charge is 0.507 e. The summed E-state index contributed by atoms with van der Waals surface area (Å²) in [6, 6.07) is 10.5. The molecule has 0 aliphatic heterocycles. The summed E-state index contributed by atoms with van der Waals surface area (Å²) >= 11 is 0. The number of rotatable bonds is 5. The molecule has 0 spiro atoms. The van der Waals surface area contributed by atoms with Crippen molar-refractivity contribution in [2.24, 2.45) is 0 Å². The van der Waals surface area contributed by atoms with Crippen LogP contribution in [0.2, 0.25) is 0 Å². The van der Waals surface area contributed by atoms with Crippen LogP contribution in [0, 0.1) is 0 Å². The first-order valence-electron chi connectivity index (χ1n) is 8.44. The number of ketones is 2. The molecule has 1 atom stereocenters. The number of aliphatic hydroxyl groups excluding tert-OH is 1. The second kappa shape index (κ2) is 7.56. The Bertz CT molecular complexity index is 1000. The molecule has 1 aliphatic carbocycles. The monoisotopic (exact) mass is 382 g/mol. The van der Waals surface area contributed by atoms with Gasteiger partial charge in [-0.1, -0.05) is 30.3 Å². The number of hydrogen-bond acceptors (Lipinski definition) is 7. The summed E-state index contributed by atoms with van der Waals surface area (Å²) in [6.07, 6.45) is -0.303. The first kappa shape index (κ1) is 19.2. The van der Waals surface area contributed by atoms with E-state index in [9.17, 15) is 24.6 Å². The quantitative estimate of drug-likeness (QED) is 0.604. The molecule has 28 heavy (non-hydrogen) atoms. The molecule has 0 amide bonds. The van der Waals surface area contributed by atoms with E-state index >= 15 is 0 Å². The molecular formula is C21H18O7. The average molecular weight is 382 g/mol. The maximum atomic E-state index is 12.8. The summed E-state index contributed by atoms with van der Waals surface area (Å²) < 4.78 is 9.72. The van der Waals surface area contributed by atoms with Crippen LogP contribution in [-0.2, 0) is 14.3 Å². The fourth-order valence-corrected chi connectivity index (χ4v) is 3.27. The lowest BCUT2D eigenvalue weighted by Gasteiger charge is -2.24. The predicted octanol–water partition coefficient (Wildman–Crippen LogP) is 2.78. The molecule has 0 saturated heterocycles. The average Bonchev–Trinajstić information content (AvgIpc) is 2.71. The fourth-order valence-electron chi connectivity index (χ4n) is 3.27. The van der Waals surface area contributed by atoms with Crippen molar-refractivity contribution in [3.05, 3.63) is 64.7 Å². The summed E-state index contributed by atoms with van der Waals surface area (Å²) in [5.41, 5.74) is 0.460. The number of phenolic OH excluding ortho intramolecular Hbond substituents is 1. The Kier molecular flexibility index (Phi) is 5.17. The van der Waals surface area contributed by atoms with Gasteiger partial charge in [-0.2, -0.15) is 0 Å². The lowest BCUT2D eigenvalue weighted by Crippen LogP contribution is -2.28. The van der Waals surface area contributed by atoms with Crippen molar-refractivity contribution in [3.8, 4) is 11.5 Å². The zero-order chi connectivity index (χ0) is 20.4. The standard InChI is InChI=1S/C21H18O7/c1-27-16-8-7-11(9-15(16)22)14(10-17(23)28-2)18-19(24)12-5-3-4-6-13(12)20(25)21(18)26/h3-9,14,22,24H,10H2,1-2H3/t14-/m1/s1. The third kappa shape index (κ3) is 3.22. The van der Waals surface area contributed by atoms with Gasteiger partial charge in [0, 0.05) is 17.0 Å². The van der Waals surface area contributed by atoms with Crippen LogP contribution in [0.5, 0.6) is 11.5 Å². The van der Waals surface area contributed by atoms with Crippen molar-refractivity contribution in [3.63, 3.8) is 0 Å². The molecule has 7 heteroatoms. The number of hydrogen-bond donors (Lipinski definition) is 2. The van der Waals surface area contributed by atoms with E-state index < -0.39 is 23.5 Å². The van der Waals surface area contributed by atoms with Gasteiger partial charge in [0.2, 0.25) is 11.6 Å². The summed E-state index contributed by atoms with van der Waals surface area (Å²) in [5.74, 6) is -3.67. The van der Waals surface area contributed by atoms with E-state index in [-0.39, 0.29) is 40.4 Å². The second-order valence-electron chi connectivity index (χ2n) is 6.23. The number of carbonyl (C=O) groups excluding carboxylic acids is 3.